The van der Waals surface area contributed by atoms with Crippen LogP contribution in [0.5, 0.6) is 5.75 Å². The summed E-state index contributed by atoms with van der Waals surface area (Å²) < 4.78 is 5.42. The largest absolute Gasteiger partial charge is 0.493 e. The van der Waals surface area contributed by atoms with Crippen LogP contribution in [0.4, 0.5) is 0 Å². The molecule has 1 atom stereocenters. The highest BCUT2D eigenvalue weighted by Crippen LogP contribution is 2.32. The van der Waals surface area contributed by atoms with Crippen LogP contribution in [0.2, 0.25) is 0 Å². The van der Waals surface area contributed by atoms with Gasteiger partial charge in [-0.3, -0.25) is 0 Å². The predicted molar refractivity (Wildman–Crippen MR) is 43.7 cm³/mol. The van der Waals surface area contributed by atoms with Crippen molar-refractivity contribution >= 4 is 0 Å². The standard InChI is InChI=1S/C9H11NO/c10-5-7-6-11-9-4-2-1-3-8(7)9/h1-4,7H,5-6,10H2. The fraction of sp³-hybridized carbons (Fsp3) is 0.333. The Morgan fingerprint density at radius 1 is 1.45 bits per heavy atom. The van der Waals surface area contributed by atoms with Gasteiger partial charge in [-0.1, -0.05) is 18.2 Å². The topological polar surface area (TPSA) is 35.2 Å². The number of nitrogens with two attached hydrogens (primary N) is 1. The molecule has 1 aromatic carbocycles. The summed E-state index contributed by atoms with van der Waals surface area (Å²) in [6.45, 7) is 1.42. The van der Waals surface area contributed by atoms with Gasteiger partial charge < -0.3 is 10.5 Å². The molecule has 1 aromatic rings. The molecule has 58 valence electrons. The zero-order valence-electron chi connectivity index (χ0n) is 6.29. The van der Waals surface area contributed by atoms with Crippen molar-refractivity contribution in [1.82, 2.24) is 0 Å². The van der Waals surface area contributed by atoms with Crippen LogP contribution in [0.25, 0.3) is 0 Å². The van der Waals surface area contributed by atoms with E-state index in [1.165, 1.54) is 5.56 Å². The normalized spacial score (nSPS) is 21.0. The number of ether oxygens (including phenoxy) is 1. The van der Waals surface area contributed by atoms with Crippen molar-refractivity contribution in [2.75, 3.05) is 13.2 Å². The number of benzene rings is 1. The Labute approximate surface area is 66.0 Å². The Morgan fingerprint density at radius 2 is 2.27 bits per heavy atom. The average Bonchev–Trinajstić information content (AvgIpc) is 2.47. The Kier molecular flexibility index (Phi) is 1.55. The zero-order valence-corrected chi connectivity index (χ0v) is 6.29. The molecular formula is C9H11NO. The third-order valence-corrected chi connectivity index (χ3v) is 2.08. The highest BCUT2D eigenvalue weighted by atomic mass is 16.5. The minimum Gasteiger partial charge on any atom is -0.493 e. The number of fused-ring (bicyclic) bond motifs is 1. The number of para-hydroxylation sites is 1. The number of hydrogen-bond donors (Lipinski definition) is 1. The summed E-state index contributed by atoms with van der Waals surface area (Å²) in [6.07, 6.45) is 0. The summed E-state index contributed by atoms with van der Waals surface area (Å²) >= 11 is 0. The first-order valence-electron chi connectivity index (χ1n) is 3.83. The fourth-order valence-corrected chi connectivity index (χ4v) is 1.42. The van der Waals surface area contributed by atoms with Gasteiger partial charge in [-0.25, -0.2) is 0 Å². The van der Waals surface area contributed by atoms with E-state index in [0.29, 0.717) is 12.5 Å². The van der Waals surface area contributed by atoms with E-state index in [4.69, 9.17) is 10.5 Å². The van der Waals surface area contributed by atoms with Crippen LogP contribution in [0, 0.1) is 0 Å². The van der Waals surface area contributed by atoms with Crippen LogP contribution in [-0.2, 0) is 0 Å². The number of hydrogen-bond acceptors (Lipinski definition) is 2. The highest BCUT2D eigenvalue weighted by Gasteiger charge is 2.21. The molecule has 1 aliphatic heterocycles. The number of rotatable bonds is 1. The third-order valence-electron chi connectivity index (χ3n) is 2.08. The van der Waals surface area contributed by atoms with Crippen molar-refractivity contribution in [2.24, 2.45) is 5.73 Å². The summed E-state index contributed by atoms with van der Waals surface area (Å²) in [6, 6.07) is 8.08. The van der Waals surface area contributed by atoms with E-state index in [1.54, 1.807) is 0 Å². The maximum Gasteiger partial charge on any atom is 0.122 e. The van der Waals surface area contributed by atoms with Gasteiger partial charge in [0.05, 0.1) is 6.61 Å². The van der Waals surface area contributed by atoms with Gasteiger partial charge in [0.1, 0.15) is 5.75 Å². The molecule has 0 aromatic heterocycles. The van der Waals surface area contributed by atoms with E-state index in [1.807, 2.05) is 18.2 Å². The second kappa shape index (κ2) is 2.55. The fourth-order valence-electron chi connectivity index (χ4n) is 1.42. The smallest absolute Gasteiger partial charge is 0.122 e. The van der Waals surface area contributed by atoms with E-state index in [0.717, 1.165) is 12.4 Å². The lowest BCUT2D eigenvalue weighted by atomic mass is 10.0. The van der Waals surface area contributed by atoms with Crippen LogP contribution in [0.15, 0.2) is 24.3 Å². The lowest BCUT2D eigenvalue weighted by Gasteiger charge is -2.02. The van der Waals surface area contributed by atoms with Crippen molar-refractivity contribution in [3.05, 3.63) is 29.8 Å². The van der Waals surface area contributed by atoms with E-state index in [9.17, 15) is 0 Å². The molecule has 2 heteroatoms. The molecule has 0 amide bonds. The molecule has 1 unspecified atom stereocenters. The lowest BCUT2D eigenvalue weighted by Crippen LogP contribution is -2.13. The Balaban J connectivity index is 2.39. The van der Waals surface area contributed by atoms with Crippen LogP contribution < -0.4 is 10.5 Å². The summed E-state index contributed by atoms with van der Waals surface area (Å²) in [5.41, 5.74) is 6.83. The molecule has 2 nitrogen and oxygen atoms in total. The molecule has 1 heterocycles. The molecule has 0 bridgehead atoms. The van der Waals surface area contributed by atoms with E-state index in [2.05, 4.69) is 6.07 Å². The molecule has 11 heavy (non-hydrogen) atoms. The minimum atomic E-state index is 0.409. The van der Waals surface area contributed by atoms with Crippen molar-refractivity contribution in [1.29, 1.82) is 0 Å². The third kappa shape index (κ3) is 0.994. The molecule has 0 spiro atoms. The van der Waals surface area contributed by atoms with Crippen molar-refractivity contribution < 1.29 is 4.74 Å². The van der Waals surface area contributed by atoms with Crippen LogP contribution in [-0.4, -0.2) is 13.2 Å². The molecule has 0 saturated carbocycles. The average molecular weight is 149 g/mol. The quantitative estimate of drug-likeness (QED) is 0.649. The second-order valence-electron chi connectivity index (χ2n) is 2.78. The van der Waals surface area contributed by atoms with Gasteiger partial charge in [0, 0.05) is 18.0 Å². The van der Waals surface area contributed by atoms with Crippen LogP contribution in [0.1, 0.15) is 11.5 Å². The summed E-state index contributed by atoms with van der Waals surface area (Å²) in [7, 11) is 0. The monoisotopic (exact) mass is 149 g/mol. The van der Waals surface area contributed by atoms with E-state index >= 15 is 0 Å². The molecule has 0 aliphatic carbocycles. The highest BCUT2D eigenvalue weighted by molar-refractivity contribution is 5.39. The van der Waals surface area contributed by atoms with Gasteiger partial charge in [-0.15, -0.1) is 0 Å². The molecular weight excluding hydrogens is 138 g/mol. The van der Waals surface area contributed by atoms with Crippen LogP contribution in [0.3, 0.4) is 0 Å². The van der Waals surface area contributed by atoms with Gasteiger partial charge in [0.15, 0.2) is 0 Å². The summed E-state index contributed by atoms with van der Waals surface area (Å²) in [5, 5.41) is 0. The Morgan fingerprint density at radius 3 is 3.09 bits per heavy atom. The molecule has 0 fully saturated rings. The SMILES string of the molecule is NCC1COc2ccccc21. The molecule has 0 radical (unpaired) electrons. The first kappa shape index (κ1) is 6.68. The Hall–Kier alpha value is -1.02. The maximum absolute atomic E-state index is 5.57. The van der Waals surface area contributed by atoms with Crippen molar-refractivity contribution in [3.8, 4) is 5.75 Å². The molecule has 2 rings (SSSR count). The first-order valence-corrected chi connectivity index (χ1v) is 3.83. The lowest BCUT2D eigenvalue weighted by molar-refractivity contribution is 0.333. The molecule has 2 N–H and O–H groups in total. The zero-order chi connectivity index (χ0) is 7.68. The van der Waals surface area contributed by atoms with Gasteiger partial charge in [-0.05, 0) is 6.07 Å². The maximum atomic E-state index is 5.57. The van der Waals surface area contributed by atoms with Gasteiger partial charge >= 0.3 is 0 Å². The van der Waals surface area contributed by atoms with E-state index < -0.39 is 0 Å². The Bertz CT molecular complexity index is 259. The van der Waals surface area contributed by atoms with E-state index in [-0.39, 0.29) is 0 Å². The van der Waals surface area contributed by atoms with Crippen LogP contribution >= 0.6 is 0 Å². The summed E-state index contributed by atoms with van der Waals surface area (Å²) in [4.78, 5) is 0. The van der Waals surface area contributed by atoms with Gasteiger partial charge in [0.2, 0.25) is 0 Å². The first-order chi connectivity index (χ1) is 5.42. The second-order valence-corrected chi connectivity index (χ2v) is 2.78. The predicted octanol–water partition coefficient (Wildman–Crippen LogP) is 1.12. The summed E-state index contributed by atoms with van der Waals surface area (Å²) in [5.74, 6) is 1.41. The van der Waals surface area contributed by atoms with Crippen molar-refractivity contribution in [3.63, 3.8) is 0 Å². The van der Waals surface area contributed by atoms with Gasteiger partial charge in [0.25, 0.3) is 0 Å². The molecule has 1 aliphatic rings. The molecule has 0 saturated heterocycles. The van der Waals surface area contributed by atoms with Gasteiger partial charge in [-0.2, -0.15) is 0 Å². The minimum absolute atomic E-state index is 0.409. The van der Waals surface area contributed by atoms with Crippen molar-refractivity contribution in [2.45, 2.75) is 5.92 Å².